The first kappa shape index (κ1) is 15.4. The Morgan fingerprint density at radius 2 is 2.00 bits per heavy atom. The second kappa shape index (κ2) is 6.02. The van der Waals surface area contributed by atoms with E-state index in [9.17, 15) is 4.79 Å². The number of hydrogen-bond donors (Lipinski definition) is 2. The molecule has 1 aliphatic rings. The van der Waals surface area contributed by atoms with Gasteiger partial charge in [-0.25, -0.2) is 0 Å². The second-order valence-electron chi connectivity index (χ2n) is 6.50. The highest BCUT2D eigenvalue weighted by Crippen LogP contribution is 2.25. The van der Waals surface area contributed by atoms with Crippen molar-refractivity contribution < 1.29 is 4.79 Å². The van der Waals surface area contributed by atoms with Gasteiger partial charge in [0.2, 0.25) is 5.91 Å². The summed E-state index contributed by atoms with van der Waals surface area (Å²) in [5.74, 6) is 0.396. The minimum Gasteiger partial charge on any atom is -0.368 e. The Hall–Kier alpha value is -0.610. The Labute approximate surface area is 111 Å². The number of rotatable bonds is 8. The molecule has 1 saturated carbocycles. The fraction of sp³-hybridized carbons (Fsp3) is 0.929. The quantitative estimate of drug-likeness (QED) is 0.688. The van der Waals surface area contributed by atoms with Crippen molar-refractivity contribution in [1.29, 1.82) is 0 Å². The highest BCUT2D eigenvalue weighted by Gasteiger charge is 2.38. The van der Waals surface area contributed by atoms with E-state index in [0.717, 1.165) is 13.0 Å². The van der Waals surface area contributed by atoms with Crippen LogP contribution in [0.4, 0.5) is 0 Å². The first-order chi connectivity index (χ1) is 8.24. The maximum Gasteiger partial charge on any atom is 0.237 e. The fourth-order valence-corrected chi connectivity index (χ4v) is 2.41. The molecule has 0 heterocycles. The summed E-state index contributed by atoms with van der Waals surface area (Å²) < 4.78 is 0. The van der Waals surface area contributed by atoms with Crippen LogP contribution in [-0.2, 0) is 4.79 Å². The van der Waals surface area contributed by atoms with Gasteiger partial charge < -0.3 is 16.0 Å². The molecule has 0 aromatic carbocycles. The molecule has 0 spiro atoms. The van der Waals surface area contributed by atoms with Crippen molar-refractivity contribution in [2.45, 2.75) is 64.6 Å². The molecule has 2 unspecified atom stereocenters. The molecule has 0 aliphatic heterocycles. The predicted molar refractivity (Wildman–Crippen MR) is 75.3 cm³/mol. The van der Waals surface area contributed by atoms with Crippen LogP contribution in [0.15, 0.2) is 0 Å². The van der Waals surface area contributed by atoms with E-state index in [1.807, 2.05) is 6.92 Å². The Balaban J connectivity index is 2.56. The minimum atomic E-state index is -0.578. The van der Waals surface area contributed by atoms with E-state index in [4.69, 9.17) is 5.73 Å². The molecule has 1 amide bonds. The molecular formula is C14H29N3O. The number of nitrogens with one attached hydrogen (secondary N) is 1. The average Bonchev–Trinajstić information content (AvgIpc) is 2.99. The van der Waals surface area contributed by atoms with Gasteiger partial charge in [-0.15, -0.1) is 0 Å². The maximum absolute atomic E-state index is 11.7. The van der Waals surface area contributed by atoms with Crippen LogP contribution in [0.5, 0.6) is 0 Å². The van der Waals surface area contributed by atoms with E-state index in [0.29, 0.717) is 18.0 Å². The van der Waals surface area contributed by atoms with E-state index < -0.39 is 5.54 Å². The lowest BCUT2D eigenvalue weighted by Crippen LogP contribution is -2.57. The van der Waals surface area contributed by atoms with Gasteiger partial charge in [-0.3, -0.25) is 4.79 Å². The summed E-state index contributed by atoms with van der Waals surface area (Å²) in [4.78, 5) is 14.0. The van der Waals surface area contributed by atoms with E-state index >= 15 is 0 Å². The van der Waals surface area contributed by atoms with Gasteiger partial charge in [0, 0.05) is 18.6 Å². The molecule has 18 heavy (non-hydrogen) atoms. The van der Waals surface area contributed by atoms with Gasteiger partial charge in [0.25, 0.3) is 0 Å². The molecule has 0 radical (unpaired) electrons. The van der Waals surface area contributed by atoms with Crippen LogP contribution in [0.2, 0.25) is 0 Å². The summed E-state index contributed by atoms with van der Waals surface area (Å²) in [7, 11) is 2.11. The number of nitrogens with two attached hydrogens (primary N) is 1. The third-order valence-electron chi connectivity index (χ3n) is 3.75. The van der Waals surface area contributed by atoms with Crippen LogP contribution < -0.4 is 11.1 Å². The fourth-order valence-electron chi connectivity index (χ4n) is 2.41. The molecule has 0 aromatic rings. The first-order valence-corrected chi connectivity index (χ1v) is 7.02. The lowest BCUT2D eigenvalue weighted by atomic mass is 9.91. The van der Waals surface area contributed by atoms with Gasteiger partial charge in [0.05, 0.1) is 5.54 Å². The van der Waals surface area contributed by atoms with Crippen LogP contribution >= 0.6 is 0 Å². The van der Waals surface area contributed by atoms with Gasteiger partial charge in [-0.2, -0.15) is 0 Å². The second-order valence-corrected chi connectivity index (χ2v) is 6.50. The molecule has 106 valence electrons. The van der Waals surface area contributed by atoms with Crippen LogP contribution in [0.1, 0.15) is 47.0 Å². The Morgan fingerprint density at radius 1 is 1.44 bits per heavy atom. The summed E-state index contributed by atoms with van der Waals surface area (Å²) in [6.45, 7) is 9.56. The molecular weight excluding hydrogens is 226 g/mol. The Bertz CT molecular complexity index is 289. The summed E-state index contributed by atoms with van der Waals surface area (Å²) in [6.07, 6.45) is 3.10. The largest absolute Gasteiger partial charge is 0.368 e. The zero-order chi connectivity index (χ0) is 13.9. The average molecular weight is 255 g/mol. The van der Waals surface area contributed by atoms with Gasteiger partial charge in [-0.05, 0) is 46.1 Å². The lowest BCUT2D eigenvalue weighted by molar-refractivity contribution is -0.124. The Kier molecular flexibility index (Phi) is 5.17. The van der Waals surface area contributed by atoms with Gasteiger partial charge in [-0.1, -0.05) is 13.8 Å². The number of carbonyl (C=O) groups excluding carboxylic acids is 1. The lowest BCUT2D eigenvalue weighted by Gasteiger charge is -2.35. The molecule has 0 aromatic heterocycles. The molecule has 1 fully saturated rings. The number of amides is 1. The molecule has 1 rings (SSSR count). The van der Waals surface area contributed by atoms with Crippen LogP contribution in [0.25, 0.3) is 0 Å². The van der Waals surface area contributed by atoms with Crippen molar-refractivity contribution in [2.24, 2.45) is 11.7 Å². The normalized spacial score (nSPS) is 21.1. The smallest absolute Gasteiger partial charge is 0.237 e. The molecule has 4 heteroatoms. The Morgan fingerprint density at radius 3 is 2.39 bits per heavy atom. The molecule has 0 saturated heterocycles. The summed E-state index contributed by atoms with van der Waals surface area (Å²) in [5, 5.41) is 3.40. The zero-order valence-corrected chi connectivity index (χ0v) is 12.5. The van der Waals surface area contributed by atoms with Gasteiger partial charge in [0.15, 0.2) is 0 Å². The van der Waals surface area contributed by atoms with Crippen LogP contribution in [0.3, 0.4) is 0 Å². The van der Waals surface area contributed by atoms with Crippen molar-refractivity contribution in [2.75, 3.05) is 13.6 Å². The summed E-state index contributed by atoms with van der Waals surface area (Å²) in [5.41, 5.74) is 5.00. The maximum atomic E-state index is 11.7. The predicted octanol–water partition coefficient (Wildman–Crippen LogP) is 1.35. The van der Waals surface area contributed by atoms with E-state index in [2.05, 4.69) is 38.0 Å². The number of carbonyl (C=O) groups is 1. The molecule has 0 bridgehead atoms. The summed E-state index contributed by atoms with van der Waals surface area (Å²) in [6, 6.07) is 0.834. The number of primary amides is 1. The monoisotopic (exact) mass is 255 g/mol. The standard InChI is InChI=1S/C14H29N3O/c1-10(2)9-17(5)11(3)8-14(4,13(15)18)16-12-6-7-12/h10-12,16H,6-9H2,1-5H3,(H2,15,18). The van der Waals surface area contributed by atoms with Crippen molar-refractivity contribution >= 4 is 5.91 Å². The highest BCUT2D eigenvalue weighted by atomic mass is 16.1. The minimum absolute atomic E-state index is 0.237. The van der Waals surface area contributed by atoms with Crippen molar-refractivity contribution in [3.8, 4) is 0 Å². The van der Waals surface area contributed by atoms with Gasteiger partial charge in [0.1, 0.15) is 0 Å². The topological polar surface area (TPSA) is 58.4 Å². The van der Waals surface area contributed by atoms with Crippen molar-refractivity contribution in [3.63, 3.8) is 0 Å². The third kappa shape index (κ3) is 4.58. The van der Waals surface area contributed by atoms with E-state index in [1.165, 1.54) is 12.8 Å². The third-order valence-corrected chi connectivity index (χ3v) is 3.75. The van der Waals surface area contributed by atoms with Crippen LogP contribution in [-0.4, -0.2) is 42.0 Å². The number of hydrogen-bond acceptors (Lipinski definition) is 3. The summed E-state index contributed by atoms with van der Waals surface area (Å²) >= 11 is 0. The highest BCUT2D eigenvalue weighted by molar-refractivity contribution is 5.84. The van der Waals surface area contributed by atoms with Crippen molar-refractivity contribution in [1.82, 2.24) is 10.2 Å². The van der Waals surface area contributed by atoms with Gasteiger partial charge >= 0.3 is 0 Å². The van der Waals surface area contributed by atoms with E-state index in [-0.39, 0.29) is 5.91 Å². The van der Waals surface area contributed by atoms with Crippen molar-refractivity contribution in [3.05, 3.63) is 0 Å². The zero-order valence-electron chi connectivity index (χ0n) is 12.5. The molecule has 1 aliphatic carbocycles. The van der Waals surface area contributed by atoms with Crippen LogP contribution in [0, 0.1) is 5.92 Å². The molecule has 2 atom stereocenters. The SMILES string of the molecule is CC(C)CN(C)C(C)CC(C)(NC1CC1)C(N)=O. The molecule has 3 N–H and O–H groups in total. The van der Waals surface area contributed by atoms with E-state index in [1.54, 1.807) is 0 Å². The first-order valence-electron chi connectivity index (χ1n) is 7.02. The molecule has 4 nitrogen and oxygen atoms in total. The number of nitrogens with zero attached hydrogens (tertiary/aromatic N) is 1.